The highest BCUT2D eigenvalue weighted by Crippen LogP contribution is 2.30. The van der Waals surface area contributed by atoms with E-state index < -0.39 is 0 Å². The van der Waals surface area contributed by atoms with Crippen molar-refractivity contribution in [2.24, 2.45) is 18.2 Å². The monoisotopic (exact) mass is 328 g/mol. The van der Waals surface area contributed by atoms with Gasteiger partial charge >= 0.3 is 0 Å². The molecule has 1 atom stereocenters. The second-order valence-electron chi connectivity index (χ2n) is 6.20. The number of hydrogen-bond donors (Lipinski definition) is 1. The van der Waals surface area contributed by atoms with Crippen molar-refractivity contribution in [3.8, 4) is 0 Å². The summed E-state index contributed by atoms with van der Waals surface area (Å²) in [5.41, 5.74) is 8.23. The van der Waals surface area contributed by atoms with Gasteiger partial charge in [-0.05, 0) is 43.1 Å². The second-order valence-corrected chi connectivity index (χ2v) is 6.63. The molecule has 1 aliphatic heterocycles. The summed E-state index contributed by atoms with van der Waals surface area (Å²) in [6, 6.07) is 5.85. The Bertz CT molecular complexity index is 640. The Morgan fingerprint density at radius 1 is 1.43 bits per heavy atom. The molecule has 1 unspecified atom stereocenters. The molecule has 116 valence electrons. The van der Waals surface area contributed by atoms with Gasteiger partial charge < -0.3 is 10.3 Å². The molecular formula is C15H22Cl2N4. The van der Waals surface area contributed by atoms with E-state index in [1.807, 2.05) is 18.2 Å². The number of benzene rings is 1. The Balaban J connectivity index is 0.00000161. The van der Waals surface area contributed by atoms with Crippen LogP contribution in [0.1, 0.15) is 19.2 Å². The number of likely N-dealkylation sites (tertiary alicyclic amines) is 1. The number of hydrogen-bond acceptors (Lipinski definition) is 3. The highest BCUT2D eigenvalue weighted by molar-refractivity contribution is 6.31. The minimum atomic E-state index is 0. The maximum atomic E-state index is 6.06. The molecule has 0 spiro atoms. The van der Waals surface area contributed by atoms with Crippen LogP contribution in [0.5, 0.6) is 0 Å². The molecule has 1 aromatic heterocycles. The fourth-order valence-corrected chi connectivity index (χ4v) is 3.15. The largest absolute Gasteiger partial charge is 0.330 e. The maximum absolute atomic E-state index is 6.06. The van der Waals surface area contributed by atoms with Gasteiger partial charge in [0.2, 0.25) is 0 Å². The Hall–Kier alpha value is -0.810. The number of nitrogens with zero attached hydrogens (tertiary/aromatic N) is 3. The third-order valence-electron chi connectivity index (χ3n) is 4.43. The maximum Gasteiger partial charge on any atom is 0.123 e. The Labute approximate surface area is 136 Å². The van der Waals surface area contributed by atoms with Crippen LogP contribution >= 0.6 is 24.0 Å². The number of imidazole rings is 1. The van der Waals surface area contributed by atoms with E-state index in [1.165, 1.54) is 6.42 Å². The van der Waals surface area contributed by atoms with Gasteiger partial charge in [-0.3, -0.25) is 4.90 Å². The molecular weight excluding hydrogens is 307 g/mol. The molecule has 1 fully saturated rings. The van der Waals surface area contributed by atoms with E-state index in [1.54, 1.807) is 0 Å². The van der Waals surface area contributed by atoms with Crippen molar-refractivity contribution in [2.75, 3.05) is 19.6 Å². The third-order valence-corrected chi connectivity index (χ3v) is 4.67. The van der Waals surface area contributed by atoms with E-state index in [9.17, 15) is 0 Å². The fourth-order valence-electron chi connectivity index (χ4n) is 2.98. The summed E-state index contributed by atoms with van der Waals surface area (Å²) < 4.78 is 2.14. The van der Waals surface area contributed by atoms with Gasteiger partial charge in [0.05, 0.1) is 17.6 Å². The first-order valence-electron chi connectivity index (χ1n) is 7.04. The minimum absolute atomic E-state index is 0. The molecule has 0 bridgehead atoms. The quantitative estimate of drug-likeness (QED) is 0.942. The number of halogens is 2. The lowest BCUT2D eigenvalue weighted by atomic mass is 9.90. The average Bonchev–Trinajstić information content (AvgIpc) is 2.94. The van der Waals surface area contributed by atoms with E-state index >= 15 is 0 Å². The topological polar surface area (TPSA) is 47.1 Å². The zero-order valence-electron chi connectivity index (χ0n) is 12.5. The number of aromatic nitrogens is 2. The lowest BCUT2D eigenvalue weighted by Crippen LogP contribution is -2.31. The standard InChI is InChI=1S/C15H21ClN4.ClH/c1-15(9-17)5-6-20(10-15)8-14-18-12-4-3-11(16)7-13(12)19(14)2;/h3-4,7H,5-6,8-10,17H2,1-2H3;1H. The Morgan fingerprint density at radius 3 is 2.86 bits per heavy atom. The Morgan fingerprint density at radius 2 is 2.19 bits per heavy atom. The molecule has 2 heterocycles. The van der Waals surface area contributed by atoms with Crippen molar-refractivity contribution in [3.63, 3.8) is 0 Å². The van der Waals surface area contributed by atoms with Gasteiger partial charge in [-0.25, -0.2) is 4.98 Å². The second kappa shape index (κ2) is 6.13. The summed E-state index contributed by atoms with van der Waals surface area (Å²) in [6.45, 7) is 6.03. The van der Waals surface area contributed by atoms with Crippen LogP contribution in [0.25, 0.3) is 11.0 Å². The molecule has 0 aliphatic carbocycles. The normalized spacial score (nSPS) is 22.7. The summed E-state index contributed by atoms with van der Waals surface area (Å²) in [5.74, 6) is 1.09. The van der Waals surface area contributed by atoms with E-state index in [4.69, 9.17) is 22.3 Å². The summed E-state index contributed by atoms with van der Waals surface area (Å²) in [5, 5.41) is 0.754. The van der Waals surface area contributed by atoms with E-state index in [-0.39, 0.29) is 17.8 Å². The van der Waals surface area contributed by atoms with Crippen molar-refractivity contribution in [2.45, 2.75) is 19.9 Å². The van der Waals surface area contributed by atoms with E-state index in [2.05, 4.69) is 23.4 Å². The zero-order valence-corrected chi connectivity index (χ0v) is 14.0. The Kier molecular flexibility index (Phi) is 4.83. The first kappa shape index (κ1) is 16.6. The molecule has 6 heteroatoms. The number of aryl methyl sites for hydroxylation is 1. The highest BCUT2D eigenvalue weighted by Gasteiger charge is 2.32. The number of fused-ring (bicyclic) bond motifs is 1. The summed E-state index contributed by atoms with van der Waals surface area (Å²) in [6.07, 6.45) is 1.17. The van der Waals surface area contributed by atoms with Gasteiger partial charge in [-0.15, -0.1) is 12.4 Å². The molecule has 4 nitrogen and oxygen atoms in total. The van der Waals surface area contributed by atoms with Crippen molar-refractivity contribution in [3.05, 3.63) is 29.0 Å². The summed E-state index contributed by atoms with van der Waals surface area (Å²) in [7, 11) is 2.05. The van der Waals surface area contributed by atoms with Crippen molar-refractivity contribution < 1.29 is 0 Å². The molecule has 0 radical (unpaired) electrons. The predicted octanol–water partition coefficient (Wildman–Crippen LogP) is 2.82. The lowest BCUT2D eigenvalue weighted by molar-refractivity contribution is 0.267. The molecule has 0 saturated carbocycles. The zero-order chi connectivity index (χ0) is 14.3. The molecule has 2 aromatic rings. The smallest absolute Gasteiger partial charge is 0.123 e. The first-order chi connectivity index (χ1) is 9.50. The van der Waals surface area contributed by atoms with Crippen molar-refractivity contribution >= 4 is 35.0 Å². The van der Waals surface area contributed by atoms with Crippen LogP contribution in [0.15, 0.2) is 18.2 Å². The molecule has 2 N–H and O–H groups in total. The van der Waals surface area contributed by atoms with Crippen LogP contribution in [0.4, 0.5) is 0 Å². The van der Waals surface area contributed by atoms with Gasteiger partial charge in [0.15, 0.2) is 0 Å². The number of rotatable bonds is 3. The van der Waals surface area contributed by atoms with Gasteiger partial charge in [-0.1, -0.05) is 18.5 Å². The highest BCUT2D eigenvalue weighted by atomic mass is 35.5. The van der Waals surface area contributed by atoms with Crippen LogP contribution in [0.2, 0.25) is 5.02 Å². The lowest BCUT2D eigenvalue weighted by Gasteiger charge is -2.22. The van der Waals surface area contributed by atoms with Crippen molar-refractivity contribution in [1.29, 1.82) is 0 Å². The molecule has 0 amide bonds. The van der Waals surface area contributed by atoms with Gasteiger partial charge in [-0.2, -0.15) is 0 Å². The first-order valence-corrected chi connectivity index (χ1v) is 7.42. The SMILES string of the molecule is Cl.Cn1c(CN2CCC(C)(CN)C2)nc2ccc(Cl)cc21. The fraction of sp³-hybridized carbons (Fsp3) is 0.533. The van der Waals surface area contributed by atoms with Crippen molar-refractivity contribution in [1.82, 2.24) is 14.5 Å². The van der Waals surface area contributed by atoms with Crippen LogP contribution < -0.4 is 5.73 Å². The van der Waals surface area contributed by atoms with Gasteiger partial charge in [0.25, 0.3) is 0 Å². The summed E-state index contributed by atoms with van der Waals surface area (Å²) in [4.78, 5) is 7.16. The number of nitrogens with two attached hydrogens (primary N) is 1. The average molecular weight is 329 g/mol. The molecule has 1 saturated heterocycles. The predicted molar refractivity (Wildman–Crippen MR) is 90.0 cm³/mol. The van der Waals surface area contributed by atoms with E-state index in [0.717, 1.165) is 48.1 Å². The third kappa shape index (κ3) is 3.19. The van der Waals surface area contributed by atoms with Crippen LogP contribution in [-0.2, 0) is 13.6 Å². The van der Waals surface area contributed by atoms with Crippen LogP contribution in [-0.4, -0.2) is 34.1 Å². The minimum Gasteiger partial charge on any atom is -0.330 e. The van der Waals surface area contributed by atoms with Crippen LogP contribution in [0.3, 0.4) is 0 Å². The summed E-state index contributed by atoms with van der Waals surface area (Å²) >= 11 is 6.06. The molecule has 21 heavy (non-hydrogen) atoms. The van der Waals surface area contributed by atoms with E-state index in [0.29, 0.717) is 0 Å². The molecule has 1 aromatic carbocycles. The molecule has 3 rings (SSSR count). The van der Waals surface area contributed by atoms with Gasteiger partial charge in [0.1, 0.15) is 5.82 Å². The van der Waals surface area contributed by atoms with Crippen LogP contribution in [0, 0.1) is 5.41 Å². The van der Waals surface area contributed by atoms with Gasteiger partial charge in [0, 0.05) is 18.6 Å². The molecule has 1 aliphatic rings.